The van der Waals surface area contributed by atoms with Gasteiger partial charge in [-0.3, -0.25) is 14.9 Å². The van der Waals surface area contributed by atoms with Gasteiger partial charge in [0.1, 0.15) is 0 Å². The Morgan fingerprint density at radius 1 is 1.31 bits per heavy atom. The molecule has 1 atom stereocenters. The van der Waals surface area contributed by atoms with E-state index in [2.05, 4.69) is 16.0 Å². The van der Waals surface area contributed by atoms with Crippen LogP contribution in [0, 0.1) is 0 Å². The number of nitrogens with one attached hydrogen (secondary N) is 3. The van der Waals surface area contributed by atoms with Crippen LogP contribution in [0.15, 0.2) is 0 Å². The number of carbonyl (C=O) groups is 2. The Hall–Kier alpha value is -1.14. The summed E-state index contributed by atoms with van der Waals surface area (Å²) in [5.74, 6) is -0.250. The Labute approximate surface area is 96.1 Å². The highest BCUT2D eigenvalue weighted by Crippen LogP contribution is 1.81. The molecule has 0 heterocycles. The fourth-order valence-electron chi connectivity index (χ4n) is 1.03. The molecule has 0 saturated heterocycles. The topological polar surface area (TPSA) is 79.5 Å². The van der Waals surface area contributed by atoms with Gasteiger partial charge in [0.15, 0.2) is 0 Å². The van der Waals surface area contributed by atoms with Gasteiger partial charge >= 0.3 is 0 Å². The molecule has 16 heavy (non-hydrogen) atoms. The van der Waals surface area contributed by atoms with Crippen LogP contribution in [0.1, 0.15) is 13.8 Å². The Balaban J connectivity index is 3.66. The predicted octanol–water partition coefficient (Wildman–Crippen LogP) is -1.14. The fraction of sp³-hybridized carbons (Fsp3) is 0.800. The maximum absolute atomic E-state index is 11.4. The molecule has 0 fully saturated rings. The molecule has 3 N–H and O–H groups in total. The Morgan fingerprint density at radius 2 is 2.00 bits per heavy atom. The number of hydrogen-bond acceptors (Lipinski definition) is 4. The number of ether oxygens (including phenoxy) is 1. The van der Waals surface area contributed by atoms with E-state index in [0.29, 0.717) is 19.7 Å². The minimum absolute atomic E-state index is 0.112. The van der Waals surface area contributed by atoms with Crippen molar-refractivity contribution in [3.05, 3.63) is 0 Å². The van der Waals surface area contributed by atoms with Crippen LogP contribution in [-0.2, 0) is 14.3 Å². The van der Waals surface area contributed by atoms with Crippen molar-refractivity contribution in [1.82, 2.24) is 16.0 Å². The molecule has 0 aliphatic heterocycles. The van der Waals surface area contributed by atoms with Gasteiger partial charge in [-0.25, -0.2) is 0 Å². The predicted molar refractivity (Wildman–Crippen MR) is 61.0 cm³/mol. The monoisotopic (exact) mass is 231 g/mol. The van der Waals surface area contributed by atoms with Crippen molar-refractivity contribution in [2.75, 3.05) is 33.4 Å². The van der Waals surface area contributed by atoms with E-state index in [0.717, 1.165) is 0 Å². The molecule has 0 aromatic carbocycles. The summed E-state index contributed by atoms with van der Waals surface area (Å²) >= 11 is 0. The van der Waals surface area contributed by atoms with Crippen LogP contribution in [0.25, 0.3) is 0 Å². The van der Waals surface area contributed by atoms with E-state index in [1.54, 1.807) is 14.0 Å². The van der Waals surface area contributed by atoms with E-state index in [1.807, 2.05) is 6.92 Å². The highest BCUT2D eigenvalue weighted by atomic mass is 16.5. The van der Waals surface area contributed by atoms with E-state index in [9.17, 15) is 9.59 Å². The van der Waals surface area contributed by atoms with Crippen LogP contribution in [0.4, 0.5) is 0 Å². The van der Waals surface area contributed by atoms with Gasteiger partial charge in [0, 0.05) is 20.2 Å². The van der Waals surface area contributed by atoms with Crippen molar-refractivity contribution < 1.29 is 14.3 Å². The minimum atomic E-state index is -0.389. The normalized spacial score (nSPS) is 11.9. The van der Waals surface area contributed by atoms with Crippen molar-refractivity contribution in [3.8, 4) is 0 Å². The first-order chi connectivity index (χ1) is 7.61. The molecule has 6 heteroatoms. The molecule has 2 amide bonds. The summed E-state index contributed by atoms with van der Waals surface area (Å²) in [6, 6.07) is -0.389. The van der Waals surface area contributed by atoms with Crippen LogP contribution in [0.5, 0.6) is 0 Å². The summed E-state index contributed by atoms with van der Waals surface area (Å²) < 4.78 is 4.80. The molecule has 0 aliphatic carbocycles. The zero-order valence-corrected chi connectivity index (χ0v) is 10.1. The van der Waals surface area contributed by atoms with Gasteiger partial charge in [0.25, 0.3) is 0 Å². The smallest absolute Gasteiger partial charge is 0.236 e. The summed E-state index contributed by atoms with van der Waals surface area (Å²) in [4.78, 5) is 22.5. The molecule has 0 rings (SSSR count). The van der Waals surface area contributed by atoms with E-state index >= 15 is 0 Å². The molecule has 0 radical (unpaired) electrons. The molecule has 0 aromatic rings. The minimum Gasteiger partial charge on any atom is -0.383 e. The Morgan fingerprint density at radius 3 is 2.56 bits per heavy atom. The van der Waals surface area contributed by atoms with E-state index < -0.39 is 0 Å². The Bertz CT molecular complexity index is 221. The average Bonchev–Trinajstić information content (AvgIpc) is 2.26. The average molecular weight is 231 g/mol. The number of methoxy groups -OCH3 is 1. The zero-order valence-electron chi connectivity index (χ0n) is 10.1. The standard InChI is InChI=1S/C10H21N3O3/c1-4-11-9(14)7-13-8(2)10(15)12-5-6-16-3/h8,13H,4-7H2,1-3H3,(H,11,14)(H,12,15). The van der Waals surface area contributed by atoms with Crippen LogP contribution in [0.2, 0.25) is 0 Å². The van der Waals surface area contributed by atoms with Crippen LogP contribution in [-0.4, -0.2) is 51.2 Å². The van der Waals surface area contributed by atoms with Gasteiger partial charge in [-0.15, -0.1) is 0 Å². The second-order valence-corrected chi connectivity index (χ2v) is 3.34. The van der Waals surface area contributed by atoms with E-state index in [1.165, 1.54) is 0 Å². The summed E-state index contributed by atoms with van der Waals surface area (Å²) in [7, 11) is 1.57. The van der Waals surface area contributed by atoms with Crippen LogP contribution < -0.4 is 16.0 Å². The number of hydrogen-bond donors (Lipinski definition) is 3. The largest absolute Gasteiger partial charge is 0.383 e. The van der Waals surface area contributed by atoms with Gasteiger partial charge in [0.2, 0.25) is 11.8 Å². The summed E-state index contributed by atoms with van der Waals surface area (Å²) in [5.41, 5.74) is 0. The lowest BCUT2D eigenvalue weighted by Crippen LogP contribution is -2.46. The summed E-state index contributed by atoms with van der Waals surface area (Å²) in [6.45, 7) is 5.25. The van der Waals surface area contributed by atoms with Crippen molar-refractivity contribution in [1.29, 1.82) is 0 Å². The molecule has 0 aromatic heterocycles. The molecular formula is C10H21N3O3. The van der Waals surface area contributed by atoms with Crippen molar-refractivity contribution in [3.63, 3.8) is 0 Å². The van der Waals surface area contributed by atoms with Crippen LogP contribution >= 0.6 is 0 Å². The van der Waals surface area contributed by atoms with Crippen molar-refractivity contribution >= 4 is 11.8 Å². The first-order valence-corrected chi connectivity index (χ1v) is 5.38. The lowest BCUT2D eigenvalue weighted by Gasteiger charge is -2.13. The maximum atomic E-state index is 11.4. The third kappa shape index (κ3) is 7.19. The first kappa shape index (κ1) is 14.9. The van der Waals surface area contributed by atoms with Crippen molar-refractivity contribution in [2.24, 2.45) is 0 Å². The third-order valence-electron chi connectivity index (χ3n) is 1.94. The van der Waals surface area contributed by atoms with Gasteiger partial charge < -0.3 is 15.4 Å². The number of rotatable bonds is 8. The summed E-state index contributed by atoms with van der Waals surface area (Å²) in [6.07, 6.45) is 0. The Kier molecular flexibility index (Phi) is 8.46. The van der Waals surface area contributed by atoms with E-state index in [-0.39, 0.29) is 24.4 Å². The molecule has 0 saturated carbocycles. The maximum Gasteiger partial charge on any atom is 0.236 e. The van der Waals surface area contributed by atoms with Crippen LogP contribution in [0.3, 0.4) is 0 Å². The highest BCUT2D eigenvalue weighted by Gasteiger charge is 2.12. The van der Waals surface area contributed by atoms with Gasteiger partial charge in [-0.05, 0) is 13.8 Å². The molecule has 0 bridgehead atoms. The zero-order chi connectivity index (χ0) is 12.4. The van der Waals surface area contributed by atoms with Gasteiger partial charge in [0.05, 0.1) is 19.2 Å². The molecule has 0 aliphatic rings. The summed E-state index contributed by atoms with van der Waals surface area (Å²) in [5, 5.41) is 8.15. The number of amides is 2. The highest BCUT2D eigenvalue weighted by molar-refractivity contribution is 5.83. The fourth-order valence-corrected chi connectivity index (χ4v) is 1.03. The van der Waals surface area contributed by atoms with E-state index in [4.69, 9.17) is 4.74 Å². The molecule has 6 nitrogen and oxygen atoms in total. The molecular weight excluding hydrogens is 210 g/mol. The van der Waals surface area contributed by atoms with Gasteiger partial charge in [-0.1, -0.05) is 0 Å². The lowest BCUT2D eigenvalue weighted by molar-refractivity contribution is -0.123. The molecule has 94 valence electrons. The second kappa shape index (κ2) is 9.11. The van der Waals surface area contributed by atoms with Crippen molar-refractivity contribution in [2.45, 2.75) is 19.9 Å². The molecule has 0 spiro atoms. The third-order valence-corrected chi connectivity index (χ3v) is 1.94. The molecule has 1 unspecified atom stereocenters. The SMILES string of the molecule is CCNC(=O)CNC(C)C(=O)NCCOC. The second-order valence-electron chi connectivity index (χ2n) is 3.34. The quantitative estimate of drug-likeness (QED) is 0.462. The first-order valence-electron chi connectivity index (χ1n) is 5.38. The van der Waals surface area contributed by atoms with Gasteiger partial charge in [-0.2, -0.15) is 0 Å². The number of likely N-dealkylation sites (N-methyl/N-ethyl adjacent to an activating group) is 1. The lowest BCUT2D eigenvalue weighted by atomic mass is 10.3. The number of carbonyl (C=O) groups excluding carboxylic acids is 2.